The van der Waals surface area contributed by atoms with Gasteiger partial charge in [-0.2, -0.15) is 0 Å². The zero-order valence-electron chi connectivity index (χ0n) is 13.8. The van der Waals surface area contributed by atoms with Crippen molar-refractivity contribution in [2.24, 2.45) is 5.73 Å². The first kappa shape index (κ1) is 17.7. The maximum Gasteiger partial charge on any atom is 0.255 e. The van der Waals surface area contributed by atoms with Gasteiger partial charge in [-0.25, -0.2) is 0 Å². The number of carbonyl (C=O) groups excluding carboxylic acids is 2. The van der Waals surface area contributed by atoms with E-state index in [4.69, 9.17) is 5.73 Å². The first-order chi connectivity index (χ1) is 12.0. The van der Waals surface area contributed by atoms with E-state index in [1.165, 1.54) is 6.42 Å². The second-order valence-corrected chi connectivity index (χ2v) is 7.35. The molecule has 5 nitrogen and oxygen atoms in total. The minimum atomic E-state index is -0.505. The molecule has 0 atom stereocenters. The molecule has 1 fully saturated rings. The molecule has 2 amide bonds. The Bertz CT molecular complexity index is 801. The van der Waals surface area contributed by atoms with Crippen molar-refractivity contribution in [2.75, 3.05) is 23.3 Å². The summed E-state index contributed by atoms with van der Waals surface area (Å²) in [6, 6.07) is 12.6. The van der Waals surface area contributed by atoms with Gasteiger partial charge in [-0.1, -0.05) is 6.07 Å². The number of primary amides is 1. The van der Waals surface area contributed by atoms with Gasteiger partial charge in [0.25, 0.3) is 5.91 Å². The first-order valence-electron chi connectivity index (χ1n) is 8.30. The molecule has 0 unspecified atom stereocenters. The normalized spacial score (nSPS) is 14.2. The highest BCUT2D eigenvalue weighted by atomic mass is 127. The van der Waals surface area contributed by atoms with E-state index in [2.05, 4.69) is 32.8 Å². The van der Waals surface area contributed by atoms with Gasteiger partial charge in [0, 0.05) is 27.8 Å². The molecule has 2 aromatic rings. The third kappa shape index (κ3) is 4.31. The molecule has 1 heterocycles. The van der Waals surface area contributed by atoms with Crippen LogP contribution in [0.25, 0.3) is 0 Å². The number of benzene rings is 2. The second-order valence-electron chi connectivity index (χ2n) is 6.11. The third-order valence-corrected chi connectivity index (χ3v) is 4.98. The highest BCUT2D eigenvalue weighted by Gasteiger charge is 2.18. The van der Waals surface area contributed by atoms with Crippen LogP contribution in [0.2, 0.25) is 0 Å². The number of nitrogens with zero attached hydrogens (tertiary/aromatic N) is 1. The molecule has 0 bridgehead atoms. The Kier molecular flexibility index (Phi) is 5.57. The SMILES string of the molecule is NC(=O)c1ccc(N2CCCCC2)c(NC(=O)c2cccc(I)c2)c1. The Balaban J connectivity index is 1.92. The standard InChI is InChI=1S/C19H20IN3O2/c20-15-6-4-5-14(11-15)19(25)22-16-12-13(18(21)24)7-8-17(16)23-9-2-1-3-10-23/h4-8,11-12H,1-3,9-10H2,(H2,21,24)(H,22,25). The fourth-order valence-electron chi connectivity index (χ4n) is 3.02. The molecule has 0 spiro atoms. The number of halogens is 1. The minimum absolute atomic E-state index is 0.196. The highest BCUT2D eigenvalue weighted by molar-refractivity contribution is 14.1. The van der Waals surface area contributed by atoms with Crippen molar-refractivity contribution < 1.29 is 9.59 Å². The lowest BCUT2D eigenvalue weighted by atomic mass is 10.1. The molecule has 0 aliphatic carbocycles. The van der Waals surface area contributed by atoms with Crippen molar-refractivity contribution in [1.29, 1.82) is 0 Å². The Morgan fingerprint density at radius 2 is 1.76 bits per heavy atom. The number of piperidine rings is 1. The molecule has 0 saturated carbocycles. The summed E-state index contributed by atoms with van der Waals surface area (Å²) in [5, 5.41) is 2.95. The van der Waals surface area contributed by atoms with Crippen molar-refractivity contribution >= 4 is 45.8 Å². The Hall–Kier alpha value is -2.09. The zero-order valence-corrected chi connectivity index (χ0v) is 16.0. The molecule has 0 radical (unpaired) electrons. The van der Waals surface area contributed by atoms with E-state index in [0.717, 1.165) is 35.2 Å². The van der Waals surface area contributed by atoms with Crippen molar-refractivity contribution in [2.45, 2.75) is 19.3 Å². The van der Waals surface area contributed by atoms with Crippen LogP contribution < -0.4 is 16.0 Å². The van der Waals surface area contributed by atoms with E-state index in [1.54, 1.807) is 18.2 Å². The van der Waals surface area contributed by atoms with Crippen LogP contribution in [0.5, 0.6) is 0 Å². The molecule has 3 N–H and O–H groups in total. The van der Waals surface area contributed by atoms with E-state index in [-0.39, 0.29) is 5.91 Å². The molecule has 130 valence electrons. The van der Waals surface area contributed by atoms with E-state index < -0.39 is 5.91 Å². The Morgan fingerprint density at radius 1 is 1.00 bits per heavy atom. The predicted octanol–water partition coefficient (Wildman–Crippen LogP) is 3.63. The predicted molar refractivity (Wildman–Crippen MR) is 108 cm³/mol. The summed E-state index contributed by atoms with van der Waals surface area (Å²) in [5.41, 5.74) is 7.94. The molecule has 6 heteroatoms. The average molecular weight is 449 g/mol. The maximum atomic E-state index is 12.6. The van der Waals surface area contributed by atoms with Gasteiger partial charge in [0.05, 0.1) is 11.4 Å². The molecule has 3 rings (SSSR count). The van der Waals surface area contributed by atoms with E-state index >= 15 is 0 Å². The average Bonchev–Trinajstić information content (AvgIpc) is 2.62. The summed E-state index contributed by atoms with van der Waals surface area (Å²) >= 11 is 2.18. The van der Waals surface area contributed by atoms with Gasteiger partial charge in [-0.05, 0) is 78.3 Å². The van der Waals surface area contributed by atoms with Crippen LogP contribution in [-0.4, -0.2) is 24.9 Å². The smallest absolute Gasteiger partial charge is 0.255 e. The van der Waals surface area contributed by atoms with Gasteiger partial charge < -0.3 is 16.0 Å². The molecular weight excluding hydrogens is 429 g/mol. The van der Waals surface area contributed by atoms with Gasteiger partial charge in [0.2, 0.25) is 5.91 Å². The maximum absolute atomic E-state index is 12.6. The van der Waals surface area contributed by atoms with Crippen LogP contribution >= 0.6 is 22.6 Å². The molecule has 0 aromatic heterocycles. The van der Waals surface area contributed by atoms with Crippen molar-refractivity contribution in [3.05, 3.63) is 57.2 Å². The quantitative estimate of drug-likeness (QED) is 0.701. The Labute approximate surface area is 160 Å². The molecule has 1 saturated heterocycles. The van der Waals surface area contributed by atoms with Crippen LogP contribution in [0.1, 0.15) is 40.0 Å². The lowest BCUT2D eigenvalue weighted by molar-refractivity contribution is 0.0996. The lowest BCUT2D eigenvalue weighted by Crippen LogP contribution is -2.30. The summed E-state index contributed by atoms with van der Waals surface area (Å²) in [7, 11) is 0. The number of hydrogen-bond acceptors (Lipinski definition) is 3. The summed E-state index contributed by atoms with van der Waals surface area (Å²) in [5.74, 6) is -0.701. The number of carbonyl (C=O) groups is 2. The van der Waals surface area contributed by atoms with E-state index in [0.29, 0.717) is 16.8 Å². The summed E-state index contributed by atoms with van der Waals surface area (Å²) < 4.78 is 0.993. The number of rotatable bonds is 4. The lowest BCUT2D eigenvalue weighted by Gasteiger charge is -2.30. The molecule has 1 aliphatic heterocycles. The second kappa shape index (κ2) is 7.86. The van der Waals surface area contributed by atoms with Crippen LogP contribution in [0.4, 0.5) is 11.4 Å². The number of nitrogens with two attached hydrogens (primary N) is 1. The molecular formula is C19H20IN3O2. The van der Waals surface area contributed by atoms with Crippen molar-refractivity contribution in [3.8, 4) is 0 Å². The van der Waals surface area contributed by atoms with Crippen LogP contribution in [0.3, 0.4) is 0 Å². The fourth-order valence-corrected chi connectivity index (χ4v) is 3.57. The van der Waals surface area contributed by atoms with E-state index in [9.17, 15) is 9.59 Å². The van der Waals surface area contributed by atoms with E-state index in [1.807, 2.05) is 24.3 Å². The summed E-state index contributed by atoms with van der Waals surface area (Å²) in [4.78, 5) is 26.4. The topological polar surface area (TPSA) is 75.4 Å². The van der Waals surface area contributed by atoms with Gasteiger partial charge in [0.1, 0.15) is 0 Å². The summed E-state index contributed by atoms with van der Waals surface area (Å²) in [6.07, 6.45) is 3.48. The molecule has 1 aliphatic rings. The monoisotopic (exact) mass is 449 g/mol. The zero-order chi connectivity index (χ0) is 17.8. The third-order valence-electron chi connectivity index (χ3n) is 4.31. The molecule has 25 heavy (non-hydrogen) atoms. The summed E-state index contributed by atoms with van der Waals surface area (Å²) in [6.45, 7) is 1.89. The number of hydrogen-bond donors (Lipinski definition) is 2. The van der Waals surface area contributed by atoms with Crippen LogP contribution in [-0.2, 0) is 0 Å². The fraction of sp³-hybridized carbons (Fsp3) is 0.263. The Morgan fingerprint density at radius 3 is 2.44 bits per heavy atom. The number of anilines is 2. The van der Waals surface area contributed by atoms with Gasteiger partial charge in [-0.3, -0.25) is 9.59 Å². The van der Waals surface area contributed by atoms with Crippen molar-refractivity contribution in [1.82, 2.24) is 0 Å². The van der Waals surface area contributed by atoms with Gasteiger partial charge >= 0.3 is 0 Å². The largest absolute Gasteiger partial charge is 0.370 e. The van der Waals surface area contributed by atoms with Gasteiger partial charge in [0.15, 0.2) is 0 Å². The number of nitrogens with one attached hydrogen (secondary N) is 1. The molecule has 2 aromatic carbocycles. The van der Waals surface area contributed by atoms with Crippen molar-refractivity contribution in [3.63, 3.8) is 0 Å². The first-order valence-corrected chi connectivity index (χ1v) is 9.38. The highest BCUT2D eigenvalue weighted by Crippen LogP contribution is 2.30. The van der Waals surface area contributed by atoms with Crippen LogP contribution in [0.15, 0.2) is 42.5 Å². The van der Waals surface area contributed by atoms with Crippen LogP contribution in [0, 0.1) is 3.57 Å². The number of amides is 2. The van der Waals surface area contributed by atoms with Gasteiger partial charge in [-0.15, -0.1) is 0 Å². The minimum Gasteiger partial charge on any atom is -0.370 e.